The molecule has 0 aliphatic heterocycles. The number of rotatable bonds is 3. The van der Waals surface area contributed by atoms with Crippen molar-refractivity contribution in [3.05, 3.63) is 35.9 Å². The average Bonchev–Trinajstić information content (AvgIpc) is 2.05. The largest absolute Gasteiger partial charge is 0.241 e. The fourth-order valence-corrected chi connectivity index (χ4v) is 1.37. The predicted octanol–water partition coefficient (Wildman–Crippen LogP) is 1.31. The van der Waals surface area contributed by atoms with E-state index < -0.39 is 22.6 Å². The quantitative estimate of drug-likeness (QED) is 0.726. The zero-order chi connectivity index (χ0) is 8.97. The molecule has 1 aromatic carbocycles. The Morgan fingerprint density at radius 2 is 1.83 bits per heavy atom. The van der Waals surface area contributed by atoms with Crippen molar-refractivity contribution in [2.75, 3.05) is 5.75 Å². The summed E-state index contributed by atoms with van der Waals surface area (Å²) in [6.45, 7) is 0. The average molecular weight is 188 g/mol. The van der Waals surface area contributed by atoms with Crippen LogP contribution in [0.1, 0.15) is 11.7 Å². The first-order chi connectivity index (χ1) is 5.70. The highest BCUT2D eigenvalue weighted by molar-refractivity contribution is 7.72. The number of thiol groups is 1. The Bertz CT molecular complexity index is 300. The first-order valence-corrected chi connectivity index (χ1v) is 4.87. The van der Waals surface area contributed by atoms with Crippen LogP contribution < -0.4 is 0 Å². The number of halogens is 1. The molecule has 12 heavy (non-hydrogen) atoms. The van der Waals surface area contributed by atoms with Gasteiger partial charge >= 0.3 is 0 Å². The molecule has 2 nitrogen and oxygen atoms in total. The van der Waals surface area contributed by atoms with E-state index in [1.54, 1.807) is 30.3 Å². The topological polar surface area (TPSA) is 34.1 Å². The summed E-state index contributed by atoms with van der Waals surface area (Å²) in [5.74, 6) is -0.431. The van der Waals surface area contributed by atoms with E-state index in [2.05, 4.69) is 0 Å². The minimum Gasteiger partial charge on any atom is -0.241 e. The second-order valence-corrected chi connectivity index (χ2v) is 3.42. The minimum absolute atomic E-state index is 0.414. The van der Waals surface area contributed by atoms with Gasteiger partial charge in [0.2, 0.25) is 0 Å². The van der Waals surface area contributed by atoms with Crippen LogP contribution in [0.2, 0.25) is 0 Å². The number of benzene rings is 1. The summed E-state index contributed by atoms with van der Waals surface area (Å²) < 4.78 is 33.4. The standard InChI is InChI=1S/C8H9FO2S/c9-8(6-12(10)11)7-4-2-1-3-5-7/h1-5,8,12H,6H2. The molecule has 0 heterocycles. The first-order valence-electron chi connectivity index (χ1n) is 3.51. The number of alkyl halides is 1. The third-order valence-electron chi connectivity index (χ3n) is 1.47. The van der Waals surface area contributed by atoms with Crippen molar-refractivity contribution in [2.24, 2.45) is 0 Å². The summed E-state index contributed by atoms with van der Waals surface area (Å²) >= 11 is 0. The van der Waals surface area contributed by atoms with Gasteiger partial charge in [0.05, 0.1) is 5.75 Å². The lowest BCUT2D eigenvalue weighted by atomic mass is 10.1. The van der Waals surface area contributed by atoms with Gasteiger partial charge in [-0.05, 0) is 5.56 Å². The van der Waals surface area contributed by atoms with E-state index >= 15 is 0 Å². The molecule has 0 amide bonds. The summed E-state index contributed by atoms with van der Waals surface area (Å²) in [5, 5.41) is 0. The van der Waals surface area contributed by atoms with E-state index in [9.17, 15) is 12.8 Å². The molecule has 0 bridgehead atoms. The lowest BCUT2D eigenvalue weighted by molar-refractivity contribution is 0.376. The number of hydrogen-bond acceptors (Lipinski definition) is 2. The summed E-state index contributed by atoms with van der Waals surface area (Å²) in [6, 6.07) is 8.26. The van der Waals surface area contributed by atoms with Crippen LogP contribution in [0, 0.1) is 0 Å². The predicted molar refractivity (Wildman–Crippen MR) is 45.5 cm³/mol. The highest BCUT2D eigenvalue weighted by atomic mass is 32.2. The molecule has 0 fully saturated rings. The van der Waals surface area contributed by atoms with Crippen LogP contribution in [0.4, 0.5) is 4.39 Å². The Labute approximate surface area is 72.0 Å². The number of hydrogen-bond donors (Lipinski definition) is 1. The maximum Gasteiger partial charge on any atom is 0.143 e. The third-order valence-corrected chi connectivity index (χ3v) is 2.09. The van der Waals surface area contributed by atoms with Gasteiger partial charge in [-0.15, -0.1) is 0 Å². The zero-order valence-electron chi connectivity index (χ0n) is 6.31. The smallest absolute Gasteiger partial charge is 0.143 e. The minimum atomic E-state index is -2.64. The van der Waals surface area contributed by atoms with Gasteiger partial charge in [-0.2, -0.15) is 0 Å². The van der Waals surface area contributed by atoms with Crippen molar-refractivity contribution in [3.8, 4) is 0 Å². The molecule has 0 aliphatic carbocycles. The van der Waals surface area contributed by atoms with Crippen LogP contribution in [0.25, 0.3) is 0 Å². The molecule has 0 saturated heterocycles. The maximum atomic E-state index is 13.0. The normalized spacial score (nSPS) is 13.2. The molecule has 1 aromatic rings. The summed E-state index contributed by atoms with van der Waals surface area (Å²) in [4.78, 5) is 0. The molecule has 4 heteroatoms. The molecule has 0 saturated carbocycles. The fourth-order valence-electron chi connectivity index (χ4n) is 0.898. The van der Waals surface area contributed by atoms with Crippen molar-refractivity contribution in [1.29, 1.82) is 0 Å². The van der Waals surface area contributed by atoms with Crippen LogP contribution in [0.5, 0.6) is 0 Å². The van der Waals surface area contributed by atoms with Gasteiger partial charge in [0.1, 0.15) is 16.9 Å². The Balaban J connectivity index is 2.71. The highest BCUT2D eigenvalue weighted by Gasteiger charge is 2.09. The molecule has 0 N–H and O–H groups in total. The highest BCUT2D eigenvalue weighted by Crippen LogP contribution is 2.16. The van der Waals surface area contributed by atoms with E-state index in [1.807, 2.05) is 0 Å². The third kappa shape index (κ3) is 2.62. The SMILES string of the molecule is O=[SH](=O)CC(F)c1ccccc1. The van der Waals surface area contributed by atoms with Crippen LogP contribution in [-0.2, 0) is 10.7 Å². The van der Waals surface area contributed by atoms with Gasteiger partial charge in [-0.25, -0.2) is 12.8 Å². The molecule has 1 atom stereocenters. The zero-order valence-corrected chi connectivity index (χ0v) is 7.21. The Morgan fingerprint density at radius 1 is 1.25 bits per heavy atom. The molecule has 0 aliphatic rings. The van der Waals surface area contributed by atoms with Gasteiger partial charge in [0.25, 0.3) is 0 Å². The Hall–Kier alpha value is -0.900. The van der Waals surface area contributed by atoms with Crippen LogP contribution in [0.3, 0.4) is 0 Å². The molecule has 66 valence electrons. The lowest BCUT2D eigenvalue weighted by Crippen LogP contribution is -1.99. The van der Waals surface area contributed by atoms with Crippen molar-refractivity contribution < 1.29 is 12.8 Å². The van der Waals surface area contributed by atoms with Crippen LogP contribution in [0.15, 0.2) is 30.3 Å². The molecule has 0 aromatic heterocycles. The summed E-state index contributed by atoms with van der Waals surface area (Å²) in [6.07, 6.45) is -1.40. The Morgan fingerprint density at radius 3 is 2.33 bits per heavy atom. The van der Waals surface area contributed by atoms with Crippen molar-refractivity contribution in [3.63, 3.8) is 0 Å². The first kappa shape index (κ1) is 9.19. The van der Waals surface area contributed by atoms with Crippen LogP contribution in [-0.4, -0.2) is 14.2 Å². The second kappa shape index (κ2) is 4.21. The van der Waals surface area contributed by atoms with E-state index in [4.69, 9.17) is 0 Å². The summed E-state index contributed by atoms with van der Waals surface area (Å²) in [7, 11) is -2.64. The van der Waals surface area contributed by atoms with E-state index in [1.165, 1.54) is 0 Å². The van der Waals surface area contributed by atoms with Crippen molar-refractivity contribution in [2.45, 2.75) is 6.17 Å². The van der Waals surface area contributed by atoms with E-state index in [0.29, 0.717) is 5.56 Å². The van der Waals surface area contributed by atoms with Gasteiger partial charge in [0.15, 0.2) is 0 Å². The molecule has 1 rings (SSSR count). The van der Waals surface area contributed by atoms with Crippen molar-refractivity contribution in [1.82, 2.24) is 0 Å². The van der Waals surface area contributed by atoms with E-state index in [0.717, 1.165) is 0 Å². The molecule has 1 unspecified atom stereocenters. The lowest BCUT2D eigenvalue weighted by Gasteiger charge is -2.02. The maximum absolute atomic E-state index is 13.0. The molecular formula is C8H9FO2S. The molecule has 0 spiro atoms. The van der Waals surface area contributed by atoms with Gasteiger partial charge in [0, 0.05) is 0 Å². The van der Waals surface area contributed by atoms with Crippen molar-refractivity contribution >= 4 is 10.7 Å². The van der Waals surface area contributed by atoms with Crippen LogP contribution >= 0.6 is 0 Å². The van der Waals surface area contributed by atoms with Gasteiger partial charge < -0.3 is 0 Å². The van der Waals surface area contributed by atoms with E-state index in [-0.39, 0.29) is 0 Å². The second-order valence-electron chi connectivity index (χ2n) is 2.39. The monoisotopic (exact) mass is 188 g/mol. The van der Waals surface area contributed by atoms with Gasteiger partial charge in [-0.1, -0.05) is 30.3 Å². The fraction of sp³-hybridized carbons (Fsp3) is 0.250. The molecular weight excluding hydrogens is 179 g/mol. The summed E-state index contributed by atoms with van der Waals surface area (Å²) in [5.41, 5.74) is 0.414. The van der Waals surface area contributed by atoms with Gasteiger partial charge in [-0.3, -0.25) is 0 Å². The Kier molecular flexibility index (Phi) is 3.22. The molecule has 0 radical (unpaired) electrons.